The van der Waals surface area contributed by atoms with Crippen molar-refractivity contribution in [2.75, 3.05) is 6.67 Å². The molecule has 2 heteroatoms. The number of hydrogen-bond donors (Lipinski definition) is 1. The van der Waals surface area contributed by atoms with Crippen molar-refractivity contribution in [3.63, 3.8) is 0 Å². The molecule has 1 fully saturated rings. The number of rotatable bonds is 5. The third-order valence-corrected chi connectivity index (χ3v) is 3.79. The number of halogens is 1. The minimum absolute atomic E-state index is 0.226. The second-order valence-corrected chi connectivity index (χ2v) is 4.93. The van der Waals surface area contributed by atoms with E-state index in [1.54, 1.807) is 0 Å². The lowest BCUT2D eigenvalue weighted by molar-refractivity contribution is 0.473. The van der Waals surface area contributed by atoms with Crippen molar-refractivity contribution in [1.29, 1.82) is 0 Å². The van der Waals surface area contributed by atoms with E-state index < -0.39 is 0 Å². The number of benzene rings is 1. The van der Waals surface area contributed by atoms with Gasteiger partial charge in [0, 0.05) is 11.5 Å². The Balaban J connectivity index is 2.08. The molecule has 1 aromatic rings. The van der Waals surface area contributed by atoms with Gasteiger partial charge in [0.05, 0.1) is 6.67 Å². The first-order valence-corrected chi connectivity index (χ1v) is 6.10. The lowest BCUT2D eigenvalue weighted by atomic mass is 9.89. The quantitative estimate of drug-likeness (QED) is 0.812. The van der Waals surface area contributed by atoms with Crippen LogP contribution in [0.3, 0.4) is 0 Å². The smallest absolute Gasteiger partial charge is 0.0897 e. The van der Waals surface area contributed by atoms with E-state index in [-0.39, 0.29) is 18.1 Å². The van der Waals surface area contributed by atoms with Crippen LogP contribution in [0, 0.1) is 0 Å². The SMILES string of the molecule is CC(N)C1(c2ccc(CCCF)cc2)CC1. The Morgan fingerprint density at radius 1 is 1.31 bits per heavy atom. The summed E-state index contributed by atoms with van der Waals surface area (Å²) in [5, 5.41) is 0. The van der Waals surface area contributed by atoms with Crippen LogP contribution in [-0.2, 0) is 11.8 Å². The molecule has 1 aromatic carbocycles. The summed E-state index contributed by atoms with van der Waals surface area (Å²) in [4.78, 5) is 0. The maximum Gasteiger partial charge on any atom is 0.0897 e. The Labute approximate surface area is 96.9 Å². The summed E-state index contributed by atoms with van der Waals surface area (Å²) >= 11 is 0. The van der Waals surface area contributed by atoms with Crippen LogP contribution in [0.25, 0.3) is 0 Å². The summed E-state index contributed by atoms with van der Waals surface area (Å²) in [6, 6.07) is 8.80. The topological polar surface area (TPSA) is 26.0 Å². The van der Waals surface area contributed by atoms with Crippen molar-refractivity contribution in [2.24, 2.45) is 5.73 Å². The van der Waals surface area contributed by atoms with E-state index in [1.807, 2.05) is 0 Å². The molecular weight excluding hydrogens is 201 g/mol. The standard InChI is InChI=1S/C14H20FN/c1-11(16)14(8-9-14)13-6-4-12(5-7-13)3-2-10-15/h4-7,11H,2-3,8-10,16H2,1H3. The molecule has 0 aliphatic heterocycles. The van der Waals surface area contributed by atoms with Crippen LogP contribution in [0.2, 0.25) is 0 Å². The molecular formula is C14H20FN. The van der Waals surface area contributed by atoms with Gasteiger partial charge in [-0.25, -0.2) is 0 Å². The lowest BCUT2D eigenvalue weighted by Crippen LogP contribution is -2.31. The molecule has 1 aliphatic rings. The molecule has 0 spiro atoms. The molecule has 1 atom stereocenters. The van der Waals surface area contributed by atoms with E-state index in [9.17, 15) is 4.39 Å². The Kier molecular flexibility index (Phi) is 3.29. The first-order chi connectivity index (χ1) is 7.69. The van der Waals surface area contributed by atoms with Crippen LogP contribution in [0.15, 0.2) is 24.3 Å². The van der Waals surface area contributed by atoms with E-state index in [0.29, 0.717) is 6.42 Å². The van der Waals surface area contributed by atoms with E-state index in [2.05, 4.69) is 31.2 Å². The van der Waals surface area contributed by atoms with Gasteiger partial charge in [-0.3, -0.25) is 4.39 Å². The van der Waals surface area contributed by atoms with Crippen molar-refractivity contribution in [1.82, 2.24) is 0 Å². The summed E-state index contributed by atoms with van der Waals surface area (Å²) in [5.74, 6) is 0. The normalized spacial score (nSPS) is 19.4. The van der Waals surface area contributed by atoms with E-state index in [1.165, 1.54) is 24.0 Å². The van der Waals surface area contributed by atoms with Gasteiger partial charge in [-0.15, -0.1) is 0 Å². The highest BCUT2D eigenvalue weighted by molar-refractivity contribution is 5.35. The average Bonchev–Trinajstić information content (AvgIpc) is 3.08. The van der Waals surface area contributed by atoms with Crippen molar-refractivity contribution >= 4 is 0 Å². The lowest BCUT2D eigenvalue weighted by Gasteiger charge is -2.20. The highest BCUT2D eigenvalue weighted by Crippen LogP contribution is 2.50. The second kappa shape index (κ2) is 4.54. The third kappa shape index (κ3) is 2.12. The zero-order valence-electron chi connectivity index (χ0n) is 9.88. The first kappa shape index (κ1) is 11.6. The summed E-state index contributed by atoms with van der Waals surface area (Å²) in [6.45, 7) is 1.86. The van der Waals surface area contributed by atoms with Gasteiger partial charge < -0.3 is 5.73 Å². The van der Waals surface area contributed by atoms with Crippen molar-refractivity contribution < 1.29 is 4.39 Å². The van der Waals surface area contributed by atoms with E-state index >= 15 is 0 Å². The number of nitrogens with two attached hydrogens (primary N) is 1. The predicted octanol–water partition coefficient (Wildman–Crippen LogP) is 2.97. The van der Waals surface area contributed by atoms with Crippen LogP contribution in [0.4, 0.5) is 4.39 Å². The van der Waals surface area contributed by atoms with Gasteiger partial charge in [0.15, 0.2) is 0 Å². The zero-order valence-corrected chi connectivity index (χ0v) is 9.88. The molecule has 0 heterocycles. The zero-order chi connectivity index (χ0) is 11.6. The van der Waals surface area contributed by atoms with Gasteiger partial charge in [0.25, 0.3) is 0 Å². The molecule has 16 heavy (non-hydrogen) atoms. The third-order valence-electron chi connectivity index (χ3n) is 3.79. The number of aryl methyl sites for hydroxylation is 1. The molecule has 2 rings (SSSR count). The largest absolute Gasteiger partial charge is 0.327 e. The molecule has 1 aliphatic carbocycles. The fourth-order valence-electron chi connectivity index (χ4n) is 2.42. The van der Waals surface area contributed by atoms with Crippen molar-refractivity contribution in [2.45, 2.75) is 44.1 Å². The average molecular weight is 221 g/mol. The predicted molar refractivity (Wildman–Crippen MR) is 65.3 cm³/mol. The maximum atomic E-state index is 12.0. The molecule has 1 unspecified atom stereocenters. The first-order valence-electron chi connectivity index (χ1n) is 6.10. The Bertz CT molecular complexity index is 338. The minimum atomic E-state index is -0.231. The van der Waals surface area contributed by atoms with Crippen LogP contribution in [0.1, 0.15) is 37.3 Å². The molecule has 2 N–H and O–H groups in total. The second-order valence-electron chi connectivity index (χ2n) is 4.93. The molecule has 1 saturated carbocycles. The molecule has 1 nitrogen and oxygen atoms in total. The summed E-state index contributed by atoms with van der Waals surface area (Å²) in [5.41, 5.74) is 8.85. The van der Waals surface area contributed by atoms with Crippen molar-refractivity contribution in [3.05, 3.63) is 35.4 Å². The fourth-order valence-corrected chi connectivity index (χ4v) is 2.42. The molecule has 0 bridgehead atoms. The summed E-state index contributed by atoms with van der Waals surface area (Å²) in [7, 11) is 0. The van der Waals surface area contributed by atoms with Gasteiger partial charge in [0.1, 0.15) is 0 Å². The Morgan fingerprint density at radius 3 is 2.38 bits per heavy atom. The van der Waals surface area contributed by atoms with E-state index in [4.69, 9.17) is 5.73 Å². The summed E-state index contributed by atoms with van der Waals surface area (Å²) in [6.07, 6.45) is 3.86. The summed E-state index contributed by atoms with van der Waals surface area (Å²) < 4.78 is 12.0. The maximum absolute atomic E-state index is 12.0. The number of hydrogen-bond acceptors (Lipinski definition) is 1. The highest BCUT2D eigenvalue weighted by atomic mass is 19.1. The van der Waals surface area contributed by atoms with Gasteiger partial charge in [0.2, 0.25) is 0 Å². The molecule has 0 amide bonds. The fraction of sp³-hybridized carbons (Fsp3) is 0.571. The molecule has 0 saturated heterocycles. The van der Waals surface area contributed by atoms with Crippen LogP contribution in [0.5, 0.6) is 0 Å². The van der Waals surface area contributed by atoms with Crippen LogP contribution < -0.4 is 5.73 Å². The molecule has 88 valence electrons. The minimum Gasteiger partial charge on any atom is -0.327 e. The van der Waals surface area contributed by atoms with Crippen molar-refractivity contribution in [3.8, 4) is 0 Å². The monoisotopic (exact) mass is 221 g/mol. The van der Waals surface area contributed by atoms with E-state index in [0.717, 1.165) is 6.42 Å². The van der Waals surface area contributed by atoms with Gasteiger partial charge in [-0.1, -0.05) is 24.3 Å². The van der Waals surface area contributed by atoms with Gasteiger partial charge in [-0.2, -0.15) is 0 Å². The molecule has 0 aromatic heterocycles. The molecule has 0 radical (unpaired) electrons. The Hall–Kier alpha value is -0.890. The van der Waals surface area contributed by atoms with Gasteiger partial charge in [-0.05, 0) is 43.7 Å². The van der Waals surface area contributed by atoms with Crippen LogP contribution >= 0.6 is 0 Å². The Morgan fingerprint density at radius 2 is 1.94 bits per heavy atom. The number of alkyl halides is 1. The van der Waals surface area contributed by atoms with Crippen LogP contribution in [-0.4, -0.2) is 12.7 Å². The highest BCUT2D eigenvalue weighted by Gasteiger charge is 2.47. The van der Waals surface area contributed by atoms with Gasteiger partial charge >= 0.3 is 0 Å².